The Morgan fingerprint density at radius 2 is 2.10 bits per heavy atom. The standard InChI is InChI=1S/C21H20ClN3O4S/c1-2-23-20(27)18-10-19(26)25(11-13-6-7-16-17(8-13)29-12-28-16)21(30-18)24-15-5-3-4-14(22)9-15/h3-9,18H,2,10-12H2,1H3,(H,23,27). The molecule has 0 saturated carbocycles. The van der Waals surface area contributed by atoms with Gasteiger partial charge in [-0.3, -0.25) is 14.5 Å². The summed E-state index contributed by atoms with van der Waals surface area (Å²) in [5.41, 5.74) is 1.49. The van der Waals surface area contributed by atoms with Crippen molar-refractivity contribution in [3.8, 4) is 11.5 Å². The molecule has 2 aromatic carbocycles. The first kappa shape index (κ1) is 20.6. The molecule has 0 aliphatic carbocycles. The van der Waals surface area contributed by atoms with E-state index in [0.717, 1.165) is 5.56 Å². The van der Waals surface area contributed by atoms with Crippen molar-refractivity contribution >= 4 is 46.0 Å². The lowest BCUT2D eigenvalue weighted by Gasteiger charge is -2.31. The zero-order valence-electron chi connectivity index (χ0n) is 16.3. The van der Waals surface area contributed by atoms with Gasteiger partial charge in [-0.05, 0) is 42.8 Å². The van der Waals surface area contributed by atoms with Gasteiger partial charge in [0.05, 0.1) is 17.5 Å². The zero-order valence-corrected chi connectivity index (χ0v) is 17.8. The number of aliphatic imine (C=N–C) groups is 1. The molecule has 2 aliphatic heterocycles. The lowest BCUT2D eigenvalue weighted by molar-refractivity contribution is -0.130. The molecule has 1 saturated heterocycles. The van der Waals surface area contributed by atoms with Crippen molar-refractivity contribution in [3.63, 3.8) is 0 Å². The van der Waals surface area contributed by atoms with Crippen LogP contribution in [0.4, 0.5) is 5.69 Å². The average molecular weight is 446 g/mol. The third kappa shape index (κ3) is 4.55. The Morgan fingerprint density at radius 1 is 1.27 bits per heavy atom. The quantitative estimate of drug-likeness (QED) is 0.758. The number of thioether (sulfide) groups is 1. The first-order valence-electron chi connectivity index (χ1n) is 9.51. The maximum atomic E-state index is 13.0. The van der Waals surface area contributed by atoms with Crippen LogP contribution in [0.2, 0.25) is 5.02 Å². The highest BCUT2D eigenvalue weighted by Gasteiger charge is 2.36. The van der Waals surface area contributed by atoms with E-state index in [1.54, 1.807) is 29.2 Å². The number of hydrogen-bond donors (Lipinski definition) is 1. The number of amides is 2. The van der Waals surface area contributed by atoms with Gasteiger partial charge in [-0.15, -0.1) is 0 Å². The van der Waals surface area contributed by atoms with Gasteiger partial charge in [0.15, 0.2) is 16.7 Å². The average Bonchev–Trinajstić information content (AvgIpc) is 3.18. The third-order valence-corrected chi connectivity index (χ3v) is 6.02. The molecule has 2 aromatic rings. The van der Waals surface area contributed by atoms with Gasteiger partial charge in [-0.2, -0.15) is 0 Å². The maximum absolute atomic E-state index is 13.0. The Hall–Kier alpha value is -2.71. The molecule has 1 fully saturated rings. The van der Waals surface area contributed by atoms with Gasteiger partial charge in [0, 0.05) is 18.0 Å². The van der Waals surface area contributed by atoms with E-state index in [1.165, 1.54) is 11.8 Å². The van der Waals surface area contributed by atoms with Crippen LogP contribution in [0.3, 0.4) is 0 Å². The SMILES string of the molecule is CCNC(=O)C1CC(=O)N(Cc2ccc3c(c2)OCO3)C(=Nc2cccc(Cl)c2)S1. The van der Waals surface area contributed by atoms with E-state index in [1.807, 2.05) is 25.1 Å². The largest absolute Gasteiger partial charge is 0.454 e. The van der Waals surface area contributed by atoms with Gasteiger partial charge in [0.1, 0.15) is 0 Å². The highest BCUT2D eigenvalue weighted by atomic mass is 35.5. The maximum Gasteiger partial charge on any atom is 0.234 e. The lowest BCUT2D eigenvalue weighted by atomic mass is 10.1. The fraction of sp³-hybridized carbons (Fsp3) is 0.286. The highest BCUT2D eigenvalue weighted by Crippen LogP contribution is 2.35. The molecule has 0 spiro atoms. The fourth-order valence-corrected chi connectivity index (χ4v) is 4.47. The molecule has 9 heteroatoms. The molecule has 1 unspecified atom stereocenters. The van der Waals surface area contributed by atoms with Crippen LogP contribution in [-0.2, 0) is 16.1 Å². The second-order valence-electron chi connectivity index (χ2n) is 6.75. The van der Waals surface area contributed by atoms with E-state index in [4.69, 9.17) is 21.1 Å². The molecule has 2 aliphatic rings. The molecule has 2 heterocycles. The van der Waals surface area contributed by atoms with Crippen molar-refractivity contribution in [1.29, 1.82) is 0 Å². The minimum Gasteiger partial charge on any atom is -0.454 e. The van der Waals surface area contributed by atoms with E-state index < -0.39 is 5.25 Å². The van der Waals surface area contributed by atoms with Crippen LogP contribution < -0.4 is 14.8 Å². The van der Waals surface area contributed by atoms with Crippen LogP contribution in [0.15, 0.2) is 47.5 Å². The van der Waals surface area contributed by atoms with Gasteiger partial charge in [-0.1, -0.05) is 35.5 Å². The minimum atomic E-state index is -0.525. The number of ether oxygens (including phenoxy) is 2. The van der Waals surface area contributed by atoms with Crippen LogP contribution in [0, 0.1) is 0 Å². The number of rotatable bonds is 5. The summed E-state index contributed by atoms with van der Waals surface area (Å²) in [5.74, 6) is 1.00. The van der Waals surface area contributed by atoms with Crippen molar-refractivity contribution in [2.24, 2.45) is 4.99 Å². The van der Waals surface area contributed by atoms with Gasteiger partial charge in [0.25, 0.3) is 0 Å². The van der Waals surface area contributed by atoms with Crippen LogP contribution >= 0.6 is 23.4 Å². The molecular weight excluding hydrogens is 426 g/mol. The molecular formula is C21H20ClN3O4S. The van der Waals surface area contributed by atoms with Crippen LogP contribution in [0.5, 0.6) is 11.5 Å². The summed E-state index contributed by atoms with van der Waals surface area (Å²) in [7, 11) is 0. The number of carbonyl (C=O) groups excluding carboxylic acids is 2. The molecule has 1 atom stereocenters. The smallest absolute Gasteiger partial charge is 0.234 e. The Bertz CT molecular complexity index is 1010. The summed E-state index contributed by atoms with van der Waals surface area (Å²) >= 11 is 7.37. The first-order chi connectivity index (χ1) is 14.5. The van der Waals surface area contributed by atoms with Gasteiger partial charge < -0.3 is 14.8 Å². The normalized spacial score (nSPS) is 19.3. The van der Waals surface area contributed by atoms with Crippen molar-refractivity contribution < 1.29 is 19.1 Å². The van der Waals surface area contributed by atoms with E-state index >= 15 is 0 Å². The van der Waals surface area contributed by atoms with Crippen LogP contribution in [0.1, 0.15) is 18.9 Å². The van der Waals surface area contributed by atoms with Gasteiger partial charge in [0.2, 0.25) is 18.6 Å². The number of nitrogens with zero attached hydrogens (tertiary/aromatic N) is 2. The van der Waals surface area contributed by atoms with Gasteiger partial charge in [-0.25, -0.2) is 4.99 Å². The number of carbonyl (C=O) groups is 2. The van der Waals surface area contributed by atoms with E-state index in [0.29, 0.717) is 40.5 Å². The molecule has 4 rings (SSSR count). The summed E-state index contributed by atoms with van der Waals surface area (Å²) in [5, 5.41) is 3.27. The Labute approximate surface area is 183 Å². The molecule has 0 radical (unpaired) electrons. The third-order valence-electron chi connectivity index (χ3n) is 4.59. The summed E-state index contributed by atoms with van der Waals surface area (Å²) in [6, 6.07) is 12.6. The molecule has 30 heavy (non-hydrogen) atoms. The summed E-state index contributed by atoms with van der Waals surface area (Å²) in [6.45, 7) is 2.85. The predicted molar refractivity (Wildman–Crippen MR) is 116 cm³/mol. The summed E-state index contributed by atoms with van der Waals surface area (Å²) in [4.78, 5) is 31.6. The molecule has 2 amide bonds. The van der Waals surface area contributed by atoms with Crippen molar-refractivity contribution in [1.82, 2.24) is 10.2 Å². The second kappa shape index (κ2) is 8.97. The molecule has 156 valence electrons. The van der Waals surface area contributed by atoms with Crippen molar-refractivity contribution in [2.45, 2.75) is 25.1 Å². The summed E-state index contributed by atoms with van der Waals surface area (Å²) in [6.07, 6.45) is 0.107. The van der Waals surface area contributed by atoms with Crippen LogP contribution in [0.25, 0.3) is 0 Å². The Morgan fingerprint density at radius 3 is 2.90 bits per heavy atom. The number of halogens is 1. The zero-order chi connectivity index (χ0) is 21.1. The molecule has 1 N–H and O–H groups in total. The fourth-order valence-electron chi connectivity index (χ4n) is 3.16. The predicted octanol–water partition coefficient (Wildman–Crippen LogP) is 3.73. The lowest BCUT2D eigenvalue weighted by Crippen LogP contribution is -2.46. The number of amidine groups is 1. The molecule has 0 aromatic heterocycles. The van der Waals surface area contributed by atoms with Crippen molar-refractivity contribution in [3.05, 3.63) is 53.1 Å². The summed E-state index contributed by atoms with van der Waals surface area (Å²) < 4.78 is 10.8. The number of nitrogens with one attached hydrogen (secondary N) is 1. The van der Waals surface area contributed by atoms with E-state index in [9.17, 15) is 9.59 Å². The van der Waals surface area contributed by atoms with Crippen LogP contribution in [-0.4, -0.2) is 40.5 Å². The van der Waals surface area contributed by atoms with E-state index in [-0.39, 0.29) is 25.0 Å². The number of fused-ring (bicyclic) bond motifs is 1. The molecule has 7 nitrogen and oxygen atoms in total. The minimum absolute atomic E-state index is 0.107. The second-order valence-corrected chi connectivity index (χ2v) is 8.35. The van der Waals surface area contributed by atoms with Crippen molar-refractivity contribution in [2.75, 3.05) is 13.3 Å². The van der Waals surface area contributed by atoms with E-state index in [2.05, 4.69) is 10.3 Å². The van der Waals surface area contributed by atoms with Gasteiger partial charge >= 0.3 is 0 Å². The number of hydrogen-bond acceptors (Lipinski definition) is 6. The first-order valence-corrected chi connectivity index (χ1v) is 10.8. The monoisotopic (exact) mass is 445 g/mol. The Kier molecular flexibility index (Phi) is 6.15. The Balaban J connectivity index is 1.64. The highest BCUT2D eigenvalue weighted by molar-refractivity contribution is 8.15. The number of benzene rings is 2. The topological polar surface area (TPSA) is 80.2 Å². The molecule has 0 bridgehead atoms.